The summed E-state index contributed by atoms with van der Waals surface area (Å²) in [6.07, 6.45) is 0. The number of benzene rings is 1. The molecule has 1 saturated heterocycles. The molecule has 5 nitrogen and oxygen atoms in total. The van der Waals surface area contributed by atoms with Crippen LogP contribution in [0, 0.1) is 24.2 Å². The molecule has 5 heteroatoms. The van der Waals surface area contributed by atoms with Gasteiger partial charge >= 0.3 is 0 Å². The average molecular weight is 311 g/mol. The second-order valence-corrected chi connectivity index (χ2v) is 7.42. The monoisotopic (exact) mass is 311 g/mol. The molecule has 2 fully saturated rings. The maximum absolute atomic E-state index is 12.6. The molecule has 2 heterocycles. The van der Waals surface area contributed by atoms with E-state index in [9.17, 15) is 9.59 Å². The Bertz CT molecular complexity index is 815. The first-order valence-electron chi connectivity index (χ1n) is 8.06. The van der Waals surface area contributed by atoms with Gasteiger partial charge in [-0.05, 0) is 36.3 Å². The van der Waals surface area contributed by atoms with Crippen LogP contribution in [0.25, 0.3) is 5.69 Å². The number of nitrogens with one attached hydrogen (secondary N) is 1. The minimum atomic E-state index is -0.207. The molecule has 1 aliphatic carbocycles. The van der Waals surface area contributed by atoms with Gasteiger partial charge in [0.25, 0.3) is 11.5 Å². The van der Waals surface area contributed by atoms with Crippen molar-refractivity contribution in [3.63, 3.8) is 0 Å². The molecule has 2 aliphatic rings. The highest BCUT2D eigenvalue weighted by atomic mass is 16.2. The lowest BCUT2D eigenvalue weighted by Crippen LogP contribution is -2.33. The van der Waals surface area contributed by atoms with E-state index in [4.69, 9.17) is 0 Å². The molecule has 4 rings (SSSR count). The number of H-pyrrole nitrogens is 1. The van der Waals surface area contributed by atoms with Crippen molar-refractivity contribution in [3.8, 4) is 5.69 Å². The number of hydrogen-bond donors (Lipinski definition) is 1. The van der Waals surface area contributed by atoms with Crippen LogP contribution in [0.3, 0.4) is 0 Å². The topological polar surface area (TPSA) is 58.1 Å². The lowest BCUT2D eigenvalue weighted by Gasteiger charge is -2.21. The van der Waals surface area contributed by atoms with Gasteiger partial charge in [0.15, 0.2) is 0 Å². The van der Waals surface area contributed by atoms with Crippen molar-refractivity contribution >= 4 is 5.91 Å². The van der Waals surface area contributed by atoms with Crippen molar-refractivity contribution in [1.82, 2.24) is 14.7 Å². The lowest BCUT2D eigenvalue weighted by molar-refractivity contribution is 0.0751. The summed E-state index contributed by atoms with van der Waals surface area (Å²) in [4.78, 5) is 26.7. The molecule has 2 unspecified atom stereocenters. The van der Waals surface area contributed by atoms with E-state index >= 15 is 0 Å². The summed E-state index contributed by atoms with van der Waals surface area (Å²) in [7, 11) is 0. The van der Waals surface area contributed by atoms with Gasteiger partial charge < -0.3 is 4.90 Å². The molecule has 1 aliphatic heterocycles. The number of piperidine rings is 1. The summed E-state index contributed by atoms with van der Waals surface area (Å²) in [5, 5.41) is 2.96. The van der Waals surface area contributed by atoms with Crippen LogP contribution in [0.2, 0.25) is 0 Å². The zero-order valence-electron chi connectivity index (χ0n) is 13.7. The van der Waals surface area contributed by atoms with Crippen molar-refractivity contribution in [2.24, 2.45) is 17.3 Å². The van der Waals surface area contributed by atoms with Crippen LogP contribution >= 0.6 is 0 Å². The molecule has 2 atom stereocenters. The van der Waals surface area contributed by atoms with Crippen LogP contribution in [0.1, 0.15) is 29.9 Å². The summed E-state index contributed by atoms with van der Waals surface area (Å²) in [6, 6.07) is 9.03. The fraction of sp³-hybridized carbons (Fsp3) is 0.444. The third-order valence-corrected chi connectivity index (χ3v) is 5.65. The molecule has 0 spiro atoms. The molecule has 1 N–H and O–H groups in total. The van der Waals surface area contributed by atoms with E-state index in [-0.39, 0.29) is 11.5 Å². The summed E-state index contributed by atoms with van der Waals surface area (Å²) in [5.74, 6) is 1.14. The second-order valence-electron chi connectivity index (χ2n) is 7.42. The predicted molar refractivity (Wildman–Crippen MR) is 87.8 cm³/mol. The Kier molecular flexibility index (Phi) is 2.86. The van der Waals surface area contributed by atoms with Gasteiger partial charge in [-0.25, -0.2) is 4.68 Å². The minimum Gasteiger partial charge on any atom is -0.337 e. The SMILES string of the molecule is Cc1ccc(-n2[nH]c(C(=O)N3CC4C(C3)C4(C)C)cc2=O)cc1. The number of rotatable bonds is 2. The number of amides is 1. The van der Waals surface area contributed by atoms with Crippen molar-refractivity contribution in [3.05, 3.63) is 51.9 Å². The molecule has 23 heavy (non-hydrogen) atoms. The molecule has 1 saturated carbocycles. The quantitative estimate of drug-likeness (QED) is 0.924. The van der Waals surface area contributed by atoms with Gasteiger partial charge in [0.2, 0.25) is 0 Å². The Morgan fingerprint density at radius 3 is 2.39 bits per heavy atom. The summed E-state index contributed by atoms with van der Waals surface area (Å²) in [6.45, 7) is 8.12. The zero-order chi connectivity index (χ0) is 16.4. The number of aromatic nitrogens is 2. The second kappa shape index (κ2) is 4.60. The van der Waals surface area contributed by atoms with Crippen molar-refractivity contribution in [1.29, 1.82) is 0 Å². The van der Waals surface area contributed by atoms with E-state index in [1.165, 1.54) is 10.7 Å². The van der Waals surface area contributed by atoms with E-state index in [0.717, 1.165) is 24.3 Å². The highest BCUT2D eigenvalue weighted by molar-refractivity contribution is 5.92. The number of aryl methyl sites for hydroxylation is 1. The van der Waals surface area contributed by atoms with Gasteiger partial charge in [-0.2, -0.15) is 0 Å². The highest BCUT2D eigenvalue weighted by Crippen LogP contribution is 2.62. The van der Waals surface area contributed by atoms with Crippen LogP contribution in [0.5, 0.6) is 0 Å². The third-order valence-electron chi connectivity index (χ3n) is 5.65. The van der Waals surface area contributed by atoms with E-state index in [1.807, 2.05) is 36.1 Å². The predicted octanol–water partition coefficient (Wildman–Crippen LogP) is 2.20. The van der Waals surface area contributed by atoms with E-state index in [1.54, 1.807) is 0 Å². The Morgan fingerprint density at radius 1 is 1.17 bits per heavy atom. The summed E-state index contributed by atoms with van der Waals surface area (Å²) < 4.78 is 1.42. The van der Waals surface area contributed by atoms with E-state index in [2.05, 4.69) is 18.9 Å². The Morgan fingerprint density at radius 2 is 1.78 bits per heavy atom. The standard InChI is InChI=1S/C18H21N3O2/c1-11-4-6-12(7-5-11)21-16(22)8-15(19-21)17(23)20-9-13-14(10-20)18(13,2)3/h4-8,13-14,19H,9-10H2,1-3H3. The van der Waals surface area contributed by atoms with E-state index < -0.39 is 0 Å². The molecule has 120 valence electrons. The van der Waals surface area contributed by atoms with Gasteiger partial charge in [0.05, 0.1) is 5.69 Å². The number of nitrogens with zero attached hydrogens (tertiary/aromatic N) is 2. The van der Waals surface area contributed by atoms with Crippen LogP contribution in [-0.2, 0) is 0 Å². The number of likely N-dealkylation sites (tertiary alicyclic amines) is 1. The molecule has 0 radical (unpaired) electrons. The van der Waals surface area contributed by atoms with Gasteiger partial charge in [0, 0.05) is 19.2 Å². The maximum Gasteiger partial charge on any atom is 0.271 e. The molecular formula is C18H21N3O2. The first-order valence-corrected chi connectivity index (χ1v) is 8.06. The third kappa shape index (κ3) is 2.14. The first-order chi connectivity index (χ1) is 10.9. The van der Waals surface area contributed by atoms with Crippen LogP contribution in [0.15, 0.2) is 35.1 Å². The van der Waals surface area contributed by atoms with Crippen molar-refractivity contribution in [2.75, 3.05) is 13.1 Å². The molecule has 2 aromatic rings. The smallest absolute Gasteiger partial charge is 0.271 e. The van der Waals surface area contributed by atoms with Gasteiger partial charge in [-0.1, -0.05) is 31.5 Å². The molecule has 1 amide bonds. The van der Waals surface area contributed by atoms with E-state index in [0.29, 0.717) is 22.9 Å². The lowest BCUT2D eigenvalue weighted by atomic mass is 10.1. The van der Waals surface area contributed by atoms with Crippen LogP contribution < -0.4 is 5.56 Å². The number of hydrogen-bond acceptors (Lipinski definition) is 2. The molecule has 0 bridgehead atoms. The molecule has 1 aromatic carbocycles. The molecule has 1 aromatic heterocycles. The Balaban J connectivity index is 1.57. The van der Waals surface area contributed by atoms with Gasteiger partial charge in [-0.3, -0.25) is 14.7 Å². The largest absolute Gasteiger partial charge is 0.337 e. The highest BCUT2D eigenvalue weighted by Gasteiger charge is 2.62. The fourth-order valence-electron chi connectivity index (χ4n) is 3.86. The normalized spacial score (nSPS) is 24.6. The first kappa shape index (κ1) is 14.3. The number of aromatic amines is 1. The maximum atomic E-state index is 12.6. The van der Waals surface area contributed by atoms with Crippen molar-refractivity contribution in [2.45, 2.75) is 20.8 Å². The Hall–Kier alpha value is -2.30. The summed E-state index contributed by atoms with van der Waals surface area (Å²) in [5.41, 5.74) is 2.41. The Labute approximate surface area is 134 Å². The average Bonchev–Trinajstić information content (AvgIpc) is 2.95. The molecular weight excluding hydrogens is 290 g/mol. The number of fused-ring (bicyclic) bond motifs is 1. The van der Waals surface area contributed by atoms with Crippen molar-refractivity contribution < 1.29 is 4.79 Å². The fourth-order valence-corrected chi connectivity index (χ4v) is 3.86. The number of carbonyl (C=O) groups excluding carboxylic acids is 1. The van der Waals surface area contributed by atoms with Gasteiger partial charge in [-0.15, -0.1) is 0 Å². The van der Waals surface area contributed by atoms with Gasteiger partial charge in [0.1, 0.15) is 5.69 Å². The summed E-state index contributed by atoms with van der Waals surface area (Å²) >= 11 is 0. The minimum absolute atomic E-state index is 0.0732. The number of carbonyl (C=O) groups is 1. The van der Waals surface area contributed by atoms with Crippen LogP contribution in [0.4, 0.5) is 0 Å². The van der Waals surface area contributed by atoms with Crippen LogP contribution in [-0.4, -0.2) is 33.7 Å². The zero-order valence-corrected chi connectivity index (χ0v) is 13.7.